The minimum absolute atomic E-state index is 0. The van der Waals surface area contributed by atoms with E-state index in [0.717, 1.165) is 0 Å². The van der Waals surface area contributed by atoms with Crippen LogP contribution in [0.15, 0.2) is 22.9 Å². The number of hydrogen-bond acceptors (Lipinski definition) is 4. The van der Waals surface area contributed by atoms with Gasteiger partial charge in [-0.25, -0.2) is 9.18 Å². The molecular formula is C10H13BrClFN2O2. The number of pyridine rings is 1. The standard InChI is InChI=1S/C10H12BrFN2O2.ClH/c1-2-16-10(15)8(12)9(13)6-3-7(11)5-14-4-6;/h3-5,8-9H,2,13H2,1H3;1H/t8?,9-;/m1./s1. The number of aromatic nitrogens is 1. The molecule has 0 aromatic carbocycles. The molecule has 0 saturated heterocycles. The first-order valence-corrected chi connectivity index (χ1v) is 5.52. The van der Waals surface area contributed by atoms with Crippen molar-refractivity contribution in [3.8, 4) is 0 Å². The van der Waals surface area contributed by atoms with Crippen molar-refractivity contribution in [3.63, 3.8) is 0 Å². The molecule has 0 radical (unpaired) electrons. The van der Waals surface area contributed by atoms with Crippen molar-refractivity contribution in [3.05, 3.63) is 28.5 Å². The maximum atomic E-state index is 13.6. The molecule has 1 unspecified atom stereocenters. The summed E-state index contributed by atoms with van der Waals surface area (Å²) in [5, 5.41) is 0. The van der Waals surface area contributed by atoms with E-state index in [0.29, 0.717) is 10.0 Å². The van der Waals surface area contributed by atoms with E-state index in [1.165, 1.54) is 6.20 Å². The number of carbonyl (C=O) groups excluding carboxylic acids is 1. The van der Waals surface area contributed by atoms with Gasteiger partial charge in [0.25, 0.3) is 0 Å². The summed E-state index contributed by atoms with van der Waals surface area (Å²) in [5.74, 6) is -0.949. The van der Waals surface area contributed by atoms with Gasteiger partial charge in [0.15, 0.2) is 0 Å². The van der Waals surface area contributed by atoms with Crippen molar-refractivity contribution < 1.29 is 13.9 Å². The first-order valence-electron chi connectivity index (χ1n) is 4.73. The third-order valence-electron chi connectivity index (χ3n) is 1.94. The number of nitrogens with zero attached hydrogens (tertiary/aromatic N) is 1. The fraction of sp³-hybridized carbons (Fsp3) is 0.400. The molecule has 1 aromatic heterocycles. The van der Waals surface area contributed by atoms with Crippen molar-refractivity contribution in [1.29, 1.82) is 0 Å². The molecule has 2 atom stereocenters. The fourth-order valence-electron chi connectivity index (χ4n) is 1.15. The highest BCUT2D eigenvalue weighted by atomic mass is 79.9. The van der Waals surface area contributed by atoms with Gasteiger partial charge in [-0.1, -0.05) is 0 Å². The lowest BCUT2D eigenvalue weighted by Crippen LogP contribution is -2.31. The summed E-state index contributed by atoms with van der Waals surface area (Å²) >= 11 is 3.19. The second kappa shape index (κ2) is 7.58. The van der Waals surface area contributed by atoms with Crippen LogP contribution in [0, 0.1) is 0 Å². The van der Waals surface area contributed by atoms with E-state index in [9.17, 15) is 9.18 Å². The molecule has 4 nitrogen and oxygen atoms in total. The third-order valence-corrected chi connectivity index (χ3v) is 2.37. The molecule has 17 heavy (non-hydrogen) atoms. The summed E-state index contributed by atoms with van der Waals surface area (Å²) in [6.45, 7) is 1.74. The summed E-state index contributed by atoms with van der Waals surface area (Å²) < 4.78 is 18.8. The minimum atomic E-state index is -1.88. The largest absolute Gasteiger partial charge is 0.464 e. The van der Waals surface area contributed by atoms with E-state index < -0.39 is 18.2 Å². The van der Waals surface area contributed by atoms with Crippen LogP contribution in [0.3, 0.4) is 0 Å². The quantitative estimate of drug-likeness (QED) is 0.861. The van der Waals surface area contributed by atoms with Crippen molar-refractivity contribution in [2.75, 3.05) is 6.61 Å². The normalized spacial score (nSPS) is 13.4. The molecule has 0 saturated carbocycles. The summed E-state index contributed by atoms with van der Waals surface area (Å²) in [5.41, 5.74) is 6.04. The summed E-state index contributed by atoms with van der Waals surface area (Å²) in [4.78, 5) is 15.0. The lowest BCUT2D eigenvalue weighted by Gasteiger charge is -2.15. The molecule has 96 valence electrons. The number of alkyl halides is 1. The van der Waals surface area contributed by atoms with Crippen LogP contribution in [0.4, 0.5) is 4.39 Å². The van der Waals surface area contributed by atoms with Crippen molar-refractivity contribution in [2.24, 2.45) is 5.73 Å². The van der Waals surface area contributed by atoms with Crippen LogP contribution in [0.1, 0.15) is 18.5 Å². The van der Waals surface area contributed by atoms with Gasteiger partial charge in [0.05, 0.1) is 12.6 Å². The highest BCUT2D eigenvalue weighted by Gasteiger charge is 2.27. The first-order chi connectivity index (χ1) is 7.56. The van der Waals surface area contributed by atoms with Gasteiger partial charge in [-0.05, 0) is 34.5 Å². The van der Waals surface area contributed by atoms with E-state index in [-0.39, 0.29) is 19.0 Å². The molecule has 7 heteroatoms. The van der Waals surface area contributed by atoms with Crippen molar-refractivity contribution >= 4 is 34.3 Å². The third kappa shape index (κ3) is 4.57. The highest BCUT2D eigenvalue weighted by Crippen LogP contribution is 2.20. The lowest BCUT2D eigenvalue weighted by molar-refractivity contribution is -0.149. The predicted molar refractivity (Wildman–Crippen MR) is 67.6 cm³/mol. The maximum Gasteiger partial charge on any atom is 0.342 e. The van der Waals surface area contributed by atoms with Gasteiger partial charge in [0, 0.05) is 16.9 Å². The first kappa shape index (κ1) is 16.3. The van der Waals surface area contributed by atoms with E-state index in [2.05, 4.69) is 25.7 Å². The Morgan fingerprint density at radius 2 is 2.29 bits per heavy atom. The molecule has 0 spiro atoms. The fourth-order valence-corrected chi connectivity index (χ4v) is 1.53. The molecule has 0 amide bonds. The van der Waals surface area contributed by atoms with E-state index in [4.69, 9.17) is 5.73 Å². The molecule has 1 rings (SSSR count). The maximum absolute atomic E-state index is 13.6. The molecular weight excluding hydrogens is 314 g/mol. The van der Waals surface area contributed by atoms with Gasteiger partial charge in [0.1, 0.15) is 0 Å². The van der Waals surface area contributed by atoms with Gasteiger partial charge < -0.3 is 10.5 Å². The smallest absolute Gasteiger partial charge is 0.342 e. The molecule has 1 aromatic rings. The Morgan fingerprint density at radius 1 is 1.65 bits per heavy atom. The van der Waals surface area contributed by atoms with Gasteiger partial charge >= 0.3 is 5.97 Å². The highest BCUT2D eigenvalue weighted by molar-refractivity contribution is 9.10. The van der Waals surface area contributed by atoms with E-state index in [1.807, 2.05) is 0 Å². The Hall–Kier alpha value is -0.720. The number of rotatable bonds is 4. The number of hydrogen-bond donors (Lipinski definition) is 1. The van der Waals surface area contributed by atoms with Crippen LogP contribution in [-0.2, 0) is 9.53 Å². The van der Waals surface area contributed by atoms with Gasteiger partial charge in [-0.3, -0.25) is 4.98 Å². The Bertz CT molecular complexity index is 381. The molecule has 1 heterocycles. The lowest BCUT2D eigenvalue weighted by atomic mass is 10.1. The summed E-state index contributed by atoms with van der Waals surface area (Å²) in [7, 11) is 0. The molecule has 0 aliphatic rings. The van der Waals surface area contributed by atoms with E-state index >= 15 is 0 Å². The zero-order valence-corrected chi connectivity index (χ0v) is 11.5. The summed E-state index contributed by atoms with van der Waals surface area (Å²) in [6.07, 6.45) is 1.09. The summed E-state index contributed by atoms with van der Waals surface area (Å²) in [6, 6.07) is 0.549. The zero-order chi connectivity index (χ0) is 12.1. The molecule has 0 aliphatic carbocycles. The SMILES string of the molecule is CCOC(=O)C(F)[C@H](N)c1cncc(Br)c1.Cl. The van der Waals surface area contributed by atoms with E-state index in [1.54, 1.807) is 19.2 Å². The monoisotopic (exact) mass is 326 g/mol. The Morgan fingerprint density at radius 3 is 2.82 bits per heavy atom. The number of ether oxygens (including phenoxy) is 1. The zero-order valence-electron chi connectivity index (χ0n) is 9.10. The van der Waals surface area contributed by atoms with Gasteiger partial charge in [-0.15, -0.1) is 12.4 Å². The van der Waals surface area contributed by atoms with Gasteiger partial charge in [-0.2, -0.15) is 0 Å². The average Bonchev–Trinajstić information content (AvgIpc) is 2.27. The van der Waals surface area contributed by atoms with Crippen LogP contribution >= 0.6 is 28.3 Å². The molecule has 2 N–H and O–H groups in total. The van der Waals surface area contributed by atoms with Crippen LogP contribution in [0.25, 0.3) is 0 Å². The predicted octanol–water partition coefficient (Wildman–Crippen LogP) is 2.17. The average molecular weight is 328 g/mol. The number of nitrogens with two attached hydrogens (primary N) is 1. The second-order valence-electron chi connectivity index (χ2n) is 3.12. The van der Waals surface area contributed by atoms with Crippen LogP contribution in [0.2, 0.25) is 0 Å². The Balaban J connectivity index is 0.00000256. The van der Waals surface area contributed by atoms with Crippen LogP contribution < -0.4 is 5.73 Å². The van der Waals surface area contributed by atoms with Gasteiger partial charge in [0.2, 0.25) is 6.17 Å². The second-order valence-corrected chi connectivity index (χ2v) is 4.03. The topological polar surface area (TPSA) is 65.2 Å². The van der Waals surface area contributed by atoms with Crippen LogP contribution in [-0.4, -0.2) is 23.7 Å². The van der Waals surface area contributed by atoms with Crippen molar-refractivity contribution in [2.45, 2.75) is 19.1 Å². The number of carbonyl (C=O) groups is 1. The minimum Gasteiger partial charge on any atom is -0.464 e. The van der Waals surface area contributed by atoms with Crippen molar-refractivity contribution in [1.82, 2.24) is 4.98 Å². The molecule has 0 fully saturated rings. The number of halogens is 3. The molecule has 0 aliphatic heterocycles. The molecule has 0 bridgehead atoms. The Kier molecular flexibility index (Phi) is 7.26. The number of esters is 1. The van der Waals surface area contributed by atoms with Crippen LogP contribution in [0.5, 0.6) is 0 Å². The Labute approximate surface area is 113 Å².